The van der Waals surface area contributed by atoms with E-state index in [1.807, 2.05) is 24.5 Å². The molecule has 19 heavy (non-hydrogen) atoms. The highest BCUT2D eigenvalue weighted by Gasteiger charge is 2.25. The van der Waals surface area contributed by atoms with Gasteiger partial charge in [-0.3, -0.25) is 4.79 Å². The van der Waals surface area contributed by atoms with Gasteiger partial charge in [0, 0.05) is 18.4 Å². The van der Waals surface area contributed by atoms with Crippen molar-refractivity contribution in [3.05, 3.63) is 35.4 Å². The van der Waals surface area contributed by atoms with E-state index in [-0.39, 0.29) is 5.91 Å². The third kappa shape index (κ3) is 3.99. The highest BCUT2D eigenvalue weighted by atomic mass is 32.2. The first-order valence-corrected chi connectivity index (χ1v) is 7.48. The van der Waals surface area contributed by atoms with Gasteiger partial charge < -0.3 is 10.0 Å². The molecule has 5 heteroatoms. The summed E-state index contributed by atoms with van der Waals surface area (Å²) in [7, 11) is 1.53. The van der Waals surface area contributed by atoms with Crippen LogP contribution in [-0.2, 0) is 10.5 Å². The maximum absolute atomic E-state index is 12.3. The normalized spacial score (nSPS) is 11.9. The summed E-state index contributed by atoms with van der Waals surface area (Å²) in [6.07, 6.45) is 2.39. The van der Waals surface area contributed by atoms with Gasteiger partial charge in [0.15, 0.2) is 0 Å². The average Bonchev–Trinajstić information content (AvgIpc) is 2.39. The van der Waals surface area contributed by atoms with Crippen molar-refractivity contribution in [1.29, 1.82) is 0 Å². The number of aliphatic carboxylic acids is 1. The largest absolute Gasteiger partial charge is 0.480 e. The number of carboxylic acids is 1. The summed E-state index contributed by atoms with van der Waals surface area (Å²) < 4.78 is 0. The predicted octanol–water partition coefficient (Wildman–Crippen LogP) is 2.48. The molecule has 0 spiro atoms. The maximum atomic E-state index is 12.3. The molecule has 0 aliphatic heterocycles. The van der Waals surface area contributed by atoms with Crippen molar-refractivity contribution >= 4 is 23.6 Å². The van der Waals surface area contributed by atoms with Crippen LogP contribution in [0, 0.1) is 0 Å². The molecule has 104 valence electrons. The Hall–Kier alpha value is -1.49. The fourth-order valence-electron chi connectivity index (χ4n) is 1.92. The molecule has 1 aromatic rings. The second-order valence-corrected chi connectivity index (χ2v) is 5.18. The van der Waals surface area contributed by atoms with E-state index in [0.29, 0.717) is 12.0 Å². The SMILES string of the molecule is CCC(C(=O)O)N(C)C(=O)c1cccc(CSC)c1. The van der Waals surface area contributed by atoms with Gasteiger partial charge in [0.2, 0.25) is 0 Å². The Morgan fingerprint density at radius 2 is 2.11 bits per heavy atom. The van der Waals surface area contributed by atoms with Gasteiger partial charge in [-0.2, -0.15) is 11.8 Å². The van der Waals surface area contributed by atoms with E-state index in [1.54, 1.807) is 24.8 Å². The zero-order valence-electron chi connectivity index (χ0n) is 11.4. The molecule has 0 radical (unpaired) electrons. The van der Waals surface area contributed by atoms with Crippen LogP contribution < -0.4 is 0 Å². The third-order valence-corrected chi connectivity index (χ3v) is 3.57. The molecule has 1 unspecified atom stereocenters. The lowest BCUT2D eigenvalue weighted by atomic mass is 10.1. The van der Waals surface area contributed by atoms with E-state index in [0.717, 1.165) is 11.3 Å². The van der Waals surface area contributed by atoms with Gasteiger partial charge in [0.05, 0.1) is 0 Å². The highest BCUT2D eigenvalue weighted by Crippen LogP contribution is 2.14. The number of amides is 1. The number of carbonyl (C=O) groups is 2. The van der Waals surface area contributed by atoms with Crippen LogP contribution in [0.15, 0.2) is 24.3 Å². The minimum atomic E-state index is -0.974. The monoisotopic (exact) mass is 281 g/mol. The molecule has 1 N–H and O–H groups in total. The van der Waals surface area contributed by atoms with E-state index in [2.05, 4.69) is 0 Å². The van der Waals surface area contributed by atoms with Crippen LogP contribution in [0.25, 0.3) is 0 Å². The van der Waals surface area contributed by atoms with Crippen molar-refractivity contribution in [2.75, 3.05) is 13.3 Å². The molecule has 0 aliphatic carbocycles. The Labute approximate surface area is 117 Å². The fraction of sp³-hybridized carbons (Fsp3) is 0.429. The quantitative estimate of drug-likeness (QED) is 0.870. The molecule has 0 fully saturated rings. The lowest BCUT2D eigenvalue weighted by Crippen LogP contribution is -2.41. The van der Waals surface area contributed by atoms with Crippen molar-refractivity contribution < 1.29 is 14.7 Å². The van der Waals surface area contributed by atoms with Gasteiger partial charge in [0.25, 0.3) is 5.91 Å². The molecule has 0 heterocycles. The van der Waals surface area contributed by atoms with Crippen LogP contribution in [0.5, 0.6) is 0 Å². The zero-order valence-corrected chi connectivity index (χ0v) is 12.2. The Kier molecular flexibility index (Phi) is 5.89. The number of carboxylic acid groups (broad SMARTS) is 1. The van der Waals surface area contributed by atoms with Gasteiger partial charge in [-0.1, -0.05) is 19.1 Å². The number of thioether (sulfide) groups is 1. The van der Waals surface area contributed by atoms with Crippen LogP contribution in [0.1, 0.15) is 29.3 Å². The molecule has 0 bridgehead atoms. The summed E-state index contributed by atoms with van der Waals surface area (Å²) in [6, 6.07) is 6.55. The molecule has 0 aromatic heterocycles. The summed E-state index contributed by atoms with van der Waals surface area (Å²) in [5, 5.41) is 9.08. The Bertz CT molecular complexity index is 462. The second kappa shape index (κ2) is 7.19. The molecule has 0 saturated heterocycles. The Morgan fingerprint density at radius 3 is 2.63 bits per heavy atom. The van der Waals surface area contributed by atoms with Crippen LogP contribution in [0.2, 0.25) is 0 Å². The first-order chi connectivity index (χ1) is 9.01. The second-order valence-electron chi connectivity index (χ2n) is 4.31. The highest BCUT2D eigenvalue weighted by molar-refractivity contribution is 7.97. The number of carbonyl (C=O) groups excluding carboxylic acids is 1. The summed E-state index contributed by atoms with van der Waals surface area (Å²) in [5.41, 5.74) is 1.60. The molecular formula is C14H19NO3S. The van der Waals surface area contributed by atoms with Gasteiger partial charge in [-0.05, 0) is 30.4 Å². The van der Waals surface area contributed by atoms with Crippen molar-refractivity contribution in [2.45, 2.75) is 25.1 Å². The topological polar surface area (TPSA) is 57.6 Å². The Morgan fingerprint density at radius 1 is 1.42 bits per heavy atom. The van der Waals surface area contributed by atoms with Crippen LogP contribution in [0.3, 0.4) is 0 Å². The molecule has 0 saturated carbocycles. The summed E-state index contributed by atoms with van der Waals surface area (Å²) in [4.78, 5) is 24.6. The minimum Gasteiger partial charge on any atom is -0.480 e. The van der Waals surface area contributed by atoms with E-state index in [9.17, 15) is 9.59 Å². The molecule has 0 aliphatic rings. The lowest BCUT2D eigenvalue weighted by Gasteiger charge is -2.24. The summed E-state index contributed by atoms with van der Waals surface area (Å²) >= 11 is 1.68. The Balaban J connectivity index is 2.92. The van der Waals surface area contributed by atoms with Crippen molar-refractivity contribution in [1.82, 2.24) is 4.90 Å². The molecular weight excluding hydrogens is 262 g/mol. The number of likely N-dealkylation sites (N-methyl/N-ethyl adjacent to an activating group) is 1. The number of hydrogen-bond donors (Lipinski definition) is 1. The van der Waals surface area contributed by atoms with Crippen molar-refractivity contribution in [2.24, 2.45) is 0 Å². The van der Waals surface area contributed by atoms with Crippen LogP contribution in [-0.4, -0.2) is 41.2 Å². The van der Waals surface area contributed by atoms with Gasteiger partial charge in [-0.15, -0.1) is 0 Å². The third-order valence-electron chi connectivity index (χ3n) is 2.94. The molecule has 1 amide bonds. The number of hydrogen-bond acceptors (Lipinski definition) is 3. The first-order valence-electron chi connectivity index (χ1n) is 6.09. The average molecular weight is 281 g/mol. The zero-order chi connectivity index (χ0) is 14.4. The van der Waals surface area contributed by atoms with E-state index < -0.39 is 12.0 Å². The maximum Gasteiger partial charge on any atom is 0.326 e. The van der Waals surface area contributed by atoms with Crippen LogP contribution in [0.4, 0.5) is 0 Å². The minimum absolute atomic E-state index is 0.253. The number of rotatable bonds is 6. The molecule has 1 atom stereocenters. The summed E-state index contributed by atoms with van der Waals surface area (Å²) in [5.74, 6) is -0.392. The smallest absolute Gasteiger partial charge is 0.326 e. The fourth-order valence-corrected chi connectivity index (χ4v) is 2.43. The summed E-state index contributed by atoms with van der Waals surface area (Å²) in [6.45, 7) is 1.76. The lowest BCUT2D eigenvalue weighted by molar-refractivity contribution is -0.142. The number of benzene rings is 1. The van der Waals surface area contributed by atoms with E-state index in [1.165, 1.54) is 11.9 Å². The van der Waals surface area contributed by atoms with Crippen molar-refractivity contribution in [3.63, 3.8) is 0 Å². The van der Waals surface area contributed by atoms with E-state index >= 15 is 0 Å². The molecule has 4 nitrogen and oxygen atoms in total. The predicted molar refractivity (Wildman–Crippen MR) is 77.5 cm³/mol. The van der Waals surface area contributed by atoms with Gasteiger partial charge in [-0.25, -0.2) is 4.79 Å². The first kappa shape index (κ1) is 15.6. The molecule has 1 aromatic carbocycles. The number of nitrogens with zero attached hydrogens (tertiary/aromatic N) is 1. The van der Waals surface area contributed by atoms with Crippen molar-refractivity contribution in [3.8, 4) is 0 Å². The molecule has 1 rings (SSSR count). The van der Waals surface area contributed by atoms with Gasteiger partial charge >= 0.3 is 5.97 Å². The van der Waals surface area contributed by atoms with E-state index in [4.69, 9.17) is 5.11 Å². The standard InChI is InChI=1S/C14H19NO3S/c1-4-12(14(17)18)15(2)13(16)11-7-5-6-10(8-11)9-19-3/h5-8,12H,4,9H2,1-3H3,(H,17,18). The van der Waals surface area contributed by atoms with Crippen LogP contribution >= 0.6 is 11.8 Å². The van der Waals surface area contributed by atoms with Gasteiger partial charge in [0.1, 0.15) is 6.04 Å².